The third-order valence-corrected chi connectivity index (χ3v) is 4.22. The third kappa shape index (κ3) is 7.17. The van der Waals surface area contributed by atoms with E-state index in [0.717, 1.165) is 0 Å². The van der Waals surface area contributed by atoms with E-state index in [2.05, 4.69) is 10.6 Å². The lowest BCUT2D eigenvalue weighted by Crippen LogP contribution is -2.30. The van der Waals surface area contributed by atoms with Crippen molar-refractivity contribution in [2.45, 2.75) is 25.9 Å². The van der Waals surface area contributed by atoms with Gasteiger partial charge in [0.05, 0.1) is 4.92 Å². The molecule has 0 fully saturated rings. The van der Waals surface area contributed by atoms with E-state index >= 15 is 0 Å². The van der Waals surface area contributed by atoms with Gasteiger partial charge < -0.3 is 15.4 Å². The normalized spacial score (nSPS) is 11.3. The number of benzene rings is 2. The van der Waals surface area contributed by atoms with Crippen LogP contribution in [0.2, 0.25) is 5.02 Å². The maximum Gasteiger partial charge on any atom is 0.306 e. The number of hydrogen-bond acceptors (Lipinski definition) is 6. The fourth-order valence-corrected chi connectivity index (χ4v) is 2.48. The Hall–Kier alpha value is -3.46. The van der Waals surface area contributed by atoms with E-state index in [9.17, 15) is 24.5 Å². The van der Waals surface area contributed by atoms with Crippen LogP contribution in [0.1, 0.15) is 30.1 Å². The lowest BCUT2D eigenvalue weighted by atomic mass is 10.2. The number of halogens is 1. The van der Waals surface area contributed by atoms with Crippen molar-refractivity contribution in [3.8, 4) is 0 Å². The van der Waals surface area contributed by atoms with Crippen LogP contribution in [-0.2, 0) is 14.3 Å². The zero-order valence-corrected chi connectivity index (χ0v) is 16.8. The molecular weight excluding hydrogens is 414 g/mol. The molecule has 30 heavy (non-hydrogen) atoms. The monoisotopic (exact) mass is 433 g/mol. The molecule has 1 unspecified atom stereocenters. The van der Waals surface area contributed by atoms with Crippen LogP contribution in [-0.4, -0.2) is 35.4 Å². The molecule has 0 heterocycles. The largest absolute Gasteiger partial charge is 0.453 e. The van der Waals surface area contributed by atoms with Crippen molar-refractivity contribution in [2.75, 3.05) is 11.9 Å². The molecule has 0 aromatic heterocycles. The zero-order valence-electron chi connectivity index (χ0n) is 16.1. The molecule has 0 aliphatic rings. The predicted octanol–water partition coefficient (Wildman–Crippen LogP) is 3.33. The number of carbonyl (C=O) groups excluding carboxylic acids is 3. The summed E-state index contributed by atoms with van der Waals surface area (Å²) in [5.74, 6) is -1.42. The summed E-state index contributed by atoms with van der Waals surface area (Å²) in [6, 6.07) is 11.7. The molecule has 1 atom stereocenters. The van der Waals surface area contributed by atoms with E-state index in [-0.39, 0.29) is 24.6 Å². The topological polar surface area (TPSA) is 128 Å². The first-order chi connectivity index (χ1) is 14.3. The van der Waals surface area contributed by atoms with E-state index in [4.69, 9.17) is 16.3 Å². The lowest BCUT2D eigenvalue weighted by molar-refractivity contribution is -0.384. The Balaban J connectivity index is 1.69. The van der Waals surface area contributed by atoms with Gasteiger partial charge in [-0.3, -0.25) is 24.5 Å². The number of nitro groups is 1. The molecule has 0 radical (unpaired) electrons. The summed E-state index contributed by atoms with van der Waals surface area (Å²) in [5.41, 5.74) is 0.701. The highest BCUT2D eigenvalue weighted by Crippen LogP contribution is 2.16. The Labute approximate surface area is 177 Å². The number of hydrogen-bond donors (Lipinski definition) is 2. The van der Waals surface area contributed by atoms with Crippen LogP contribution in [0.25, 0.3) is 0 Å². The van der Waals surface area contributed by atoms with Crippen molar-refractivity contribution in [1.29, 1.82) is 0 Å². The molecule has 2 aromatic rings. The molecule has 0 spiro atoms. The predicted molar refractivity (Wildman–Crippen MR) is 110 cm³/mol. The maximum atomic E-state index is 12.1. The van der Waals surface area contributed by atoms with Gasteiger partial charge in [0.1, 0.15) is 0 Å². The van der Waals surface area contributed by atoms with E-state index in [1.54, 1.807) is 24.3 Å². The molecule has 2 amide bonds. The Morgan fingerprint density at radius 2 is 1.73 bits per heavy atom. The number of amides is 2. The minimum atomic E-state index is -1.05. The average Bonchev–Trinajstić information content (AvgIpc) is 2.71. The lowest BCUT2D eigenvalue weighted by Gasteiger charge is -2.13. The standard InChI is InChI=1S/C20H20ClN3O6/c1-13(19(26)23-16-8-10-17(11-9-16)24(28)29)30-18(25)3-2-12-22-20(27)14-4-6-15(21)7-5-14/h4-11,13H,2-3,12H2,1H3,(H,22,27)(H,23,26). The summed E-state index contributed by atoms with van der Waals surface area (Å²) in [6.45, 7) is 1.68. The molecule has 9 nitrogen and oxygen atoms in total. The zero-order chi connectivity index (χ0) is 22.1. The molecule has 0 aliphatic heterocycles. The van der Waals surface area contributed by atoms with Gasteiger partial charge in [0.25, 0.3) is 17.5 Å². The molecule has 0 aliphatic carbocycles. The molecule has 0 saturated carbocycles. The van der Waals surface area contributed by atoms with Gasteiger partial charge in [-0.05, 0) is 49.7 Å². The number of non-ortho nitro benzene ring substituents is 1. The number of carbonyl (C=O) groups is 3. The number of esters is 1. The van der Waals surface area contributed by atoms with Gasteiger partial charge in [-0.25, -0.2) is 0 Å². The molecular formula is C20H20ClN3O6. The van der Waals surface area contributed by atoms with Crippen molar-refractivity contribution in [3.05, 3.63) is 69.2 Å². The first kappa shape index (κ1) is 22.8. The van der Waals surface area contributed by atoms with Gasteiger partial charge >= 0.3 is 5.97 Å². The van der Waals surface area contributed by atoms with Gasteiger partial charge in [0, 0.05) is 41.4 Å². The van der Waals surface area contributed by atoms with Gasteiger partial charge in [0.2, 0.25) is 0 Å². The summed E-state index contributed by atoms with van der Waals surface area (Å²) in [4.78, 5) is 46.0. The summed E-state index contributed by atoms with van der Waals surface area (Å²) < 4.78 is 5.06. The molecule has 0 saturated heterocycles. The Bertz CT molecular complexity index is 915. The molecule has 158 valence electrons. The van der Waals surface area contributed by atoms with Crippen LogP contribution in [0.3, 0.4) is 0 Å². The Kier molecular flexibility index (Phi) is 8.30. The number of anilines is 1. The van der Waals surface area contributed by atoms with Crippen molar-refractivity contribution in [1.82, 2.24) is 5.32 Å². The van der Waals surface area contributed by atoms with Crippen LogP contribution >= 0.6 is 11.6 Å². The Morgan fingerprint density at radius 3 is 2.33 bits per heavy atom. The van der Waals surface area contributed by atoms with Gasteiger partial charge in [-0.1, -0.05) is 11.6 Å². The SMILES string of the molecule is CC(OC(=O)CCCNC(=O)c1ccc(Cl)cc1)C(=O)Nc1ccc([N+](=O)[O-])cc1. The van der Waals surface area contributed by atoms with Crippen molar-refractivity contribution < 1.29 is 24.0 Å². The van der Waals surface area contributed by atoms with Gasteiger partial charge in [0.15, 0.2) is 6.10 Å². The highest BCUT2D eigenvalue weighted by atomic mass is 35.5. The Morgan fingerprint density at radius 1 is 1.10 bits per heavy atom. The molecule has 0 bridgehead atoms. The van der Waals surface area contributed by atoms with Gasteiger partial charge in [-0.15, -0.1) is 0 Å². The van der Waals surface area contributed by atoms with Gasteiger partial charge in [-0.2, -0.15) is 0 Å². The summed E-state index contributed by atoms with van der Waals surface area (Å²) in [7, 11) is 0. The van der Waals surface area contributed by atoms with Crippen molar-refractivity contribution in [2.24, 2.45) is 0 Å². The average molecular weight is 434 g/mol. The molecule has 2 N–H and O–H groups in total. The number of nitrogens with zero attached hydrogens (tertiary/aromatic N) is 1. The van der Waals surface area contributed by atoms with E-state index < -0.39 is 22.9 Å². The summed E-state index contributed by atoms with van der Waals surface area (Å²) in [6.07, 6.45) is -0.679. The quantitative estimate of drug-likeness (QED) is 0.270. The minimum absolute atomic E-state index is 0.0239. The van der Waals surface area contributed by atoms with E-state index in [0.29, 0.717) is 22.7 Å². The number of nitrogens with one attached hydrogen (secondary N) is 2. The highest BCUT2D eigenvalue weighted by Gasteiger charge is 2.18. The second-order valence-electron chi connectivity index (χ2n) is 6.29. The van der Waals surface area contributed by atoms with Crippen LogP contribution in [0.4, 0.5) is 11.4 Å². The fourth-order valence-electron chi connectivity index (χ4n) is 2.36. The molecule has 2 aromatic carbocycles. The summed E-state index contributed by atoms with van der Waals surface area (Å²) in [5, 5.41) is 16.3. The summed E-state index contributed by atoms with van der Waals surface area (Å²) >= 11 is 5.77. The highest BCUT2D eigenvalue weighted by molar-refractivity contribution is 6.30. The van der Waals surface area contributed by atoms with E-state index in [1.165, 1.54) is 31.2 Å². The van der Waals surface area contributed by atoms with Crippen LogP contribution in [0.5, 0.6) is 0 Å². The smallest absolute Gasteiger partial charge is 0.306 e. The molecule has 2 rings (SSSR count). The van der Waals surface area contributed by atoms with Crippen molar-refractivity contribution >= 4 is 40.8 Å². The van der Waals surface area contributed by atoms with Crippen LogP contribution in [0.15, 0.2) is 48.5 Å². The number of ether oxygens (including phenoxy) is 1. The second kappa shape index (κ2) is 10.9. The first-order valence-electron chi connectivity index (χ1n) is 9.05. The minimum Gasteiger partial charge on any atom is -0.453 e. The van der Waals surface area contributed by atoms with E-state index in [1.807, 2.05) is 0 Å². The first-order valence-corrected chi connectivity index (χ1v) is 9.42. The van der Waals surface area contributed by atoms with Crippen molar-refractivity contribution in [3.63, 3.8) is 0 Å². The third-order valence-electron chi connectivity index (χ3n) is 3.97. The fraction of sp³-hybridized carbons (Fsp3) is 0.250. The second-order valence-corrected chi connectivity index (χ2v) is 6.73. The molecule has 10 heteroatoms. The maximum absolute atomic E-state index is 12.1. The number of rotatable bonds is 9. The van der Waals surface area contributed by atoms with Crippen LogP contribution in [0, 0.1) is 10.1 Å². The van der Waals surface area contributed by atoms with Crippen LogP contribution < -0.4 is 10.6 Å². The number of nitro benzene ring substituents is 1.